The van der Waals surface area contributed by atoms with Crippen molar-refractivity contribution in [3.05, 3.63) is 23.8 Å². The predicted molar refractivity (Wildman–Crippen MR) is 78.3 cm³/mol. The second kappa shape index (κ2) is 5.63. The number of hydrogen-bond acceptors (Lipinski definition) is 4. The minimum absolute atomic E-state index is 0.293. The van der Waals surface area contributed by atoms with Crippen LogP contribution in [0.1, 0.15) is 36.5 Å². The Hall–Kier alpha value is -2.24. The fourth-order valence-electron chi connectivity index (χ4n) is 2.92. The molecule has 1 aliphatic rings. The summed E-state index contributed by atoms with van der Waals surface area (Å²) >= 11 is 0. The Morgan fingerprint density at radius 3 is 2.71 bits per heavy atom. The standard InChI is InChI=1S/C15H20N2O4/c1-3-15(14(19)20)7-4-8-17(15)13(18)11-6-5-10(21-2)9-12(11)16/h5-6,9H,3-4,7-8,16H2,1-2H3,(H,19,20). The number of carbonyl (C=O) groups is 2. The van der Waals surface area contributed by atoms with Gasteiger partial charge in [-0.2, -0.15) is 0 Å². The predicted octanol–water partition coefficient (Wildman–Crippen LogP) is 1.75. The summed E-state index contributed by atoms with van der Waals surface area (Å²) in [5, 5.41) is 9.54. The average Bonchev–Trinajstić information content (AvgIpc) is 2.91. The van der Waals surface area contributed by atoms with E-state index in [1.807, 2.05) is 0 Å². The van der Waals surface area contributed by atoms with Gasteiger partial charge in [0.15, 0.2) is 0 Å². The maximum atomic E-state index is 12.7. The van der Waals surface area contributed by atoms with Crippen molar-refractivity contribution in [2.24, 2.45) is 0 Å². The first kappa shape index (κ1) is 15.2. The lowest BCUT2D eigenvalue weighted by Crippen LogP contribution is -2.52. The van der Waals surface area contributed by atoms with Crippen molar-refractivity contribution < 1.29 is 19.4 Å². The number of carboxylic acid groups (broad SMARTS) is 1. The molecule has 1 aliphatic heterocycles. The van der Waals surface area contributed by atoms with Crippen LogP contribution in [0.2, 0.25) is 0 Å². The summed E-state index contributed by atoms with van der Waals surface area (Å²) in [6, 6.07) is 4.79. The maximum absolute atomic E-state index is 12.7. The Morgan fingerprint density at radius 1 is 1.48 bits per heavy atom. The highest BCUT2D eigenvalue weighted by Crippen LogP contribution is 2.35. The van der Waals surface area contributed by atoms with Gasteiger partial charge in [0.05, 0.1) is 12.7 Å². The molecule has 1 aromatic carbocycles. The van der Waals surface area contributed by atoms with Crippen molar-refractivity contribution in [2.75, 3.05) is 19.4 Å². The number of ether oxygens (including phenoxy) is 1. The van der Waals surface area contributed by atoms with Crippen LogP contribution < -0.4 is 10.5 Å². The smallest absolute Gasteiger partial charge is 0.329 e. The summed E-state index contributed by atoms with van der Waals surface area (Å²) in [5.74, 6) is -0.731. The summed E-state index contributed by atoms with van der Waals surface area (Å²) < 4.78 is 5.06. The number of carbonyl (C=O) groups excluding carboxylic acids is 1. The molecule has 21 heavy (non-hydrogen) atoms. The first-order valence-electron chi connectivity index (χ1n) is 6.95. The van der Waals surface area contributed by atoms with Crippen LogP contribution in [0.5, 0.6) is 5.75 Å². The van der Waals surface area contributed by atoms with Gasteiger partial charge in [0, 0.05) is 18.3 Å². The number of nitrogen functional groups attached to an aromatic ring is 1. The average molecular weight is 292 g/mol. The summed E-state index contributed by atoms with van der Waals surface area (Å²) in [7, 11) is 1.52. The molecule has 1 unspecified atom stereocenters. The zero-order valence-electron chi connectivity index (χ0n) is 12.3. The number of carboxylic acids is 1. The maximum Gasteiger partial charge on any atom is 0.329 e. The van der Waals surface area contributed by atoms with Gasteiger partial charge in [-0.1, -0.05) is 6.92 Å². The third-order valence-electron chi connectivity index (χ3n) is 4.21. The molecule has 6 heteroatoms. The molecule has 0 radical (unpaired) electrons. The first-order chi connectivity index (χ1) is 9.96. The van der Waals surface area contributed by atoms with E-state index in [4.69, 9.17) is 10.5 Å². The van der Waals surface area contributed by atoms with Gasteiger partial charge < -0.3 is 20.5 Å². The monoisotopic (exact) mass is 292 g/mol. The molecule has 0 aromatic heterocycles. The molecule has 0 spiro atoms. The van der Waals surface area contributed by atoms with Crippen molar-refractivity contribution in [2.45, 2.75) is 31.7 Å². The lowest BCUT2D eigenvalue weighted by molar-refractivity contribution is -0.148. The van der Waals surface area contributed by atoms with Crippen molar-refractivity contribution in [1.29, 1.82) is 0 Å². The number of benzene rings is 1. The molecular formula is C15H20N2O4. The highest BCUT2D eigenvalue weighted by atomic mass is 16.5. The van der Waals surface area contributed by atoms with Crippen LogP contribution in [0.3, 0.4) is 0 Å². The number of rotatable bonds is 4. The van der Waals surface area contributed by atoms with E-state index in [-0.39, 0.29) is 5.91 Å². The quantitative estimate of drug-likeness (QED) is 0.825. The number of nitrogens with zero attached hydrogens (tertiary/aromatic N) is 1. The molecule has 1 amide bonds. The van der Waals surface area contributed by atoms with Gasteiger partial charge in [-0.25, -0.2) is 4.79 Å². The number of nitrogens with two attached hydrogens (primary N) is 1. The molecule has 114 valence electrons. The van der Waals surface area contributed by atoms with E-state index in [1.54, 1.807) is 25.1 Å². The SMILES string of the molecule is CCC1(C(=O)O)CCCN1C(=O)c1ccc(OC)cc1N. The van der Waals surface area contributed by atoms with E-state index in [0.717, 1.165) is 0 Å². The Bertz CT molecular complexity index is 573. The third kappa shape index (κ3) is 2.41. The summed E-state index contributed by atoms with van der Waals surface area (Å²) in [6.45, 7) is 2.22. The topological polar surface area (TPSA) is 92.9 Å². The van der Waals surface area contributed by atoms with Crippen LogP contribution in [0, 0.1) is 0 Å². The molecule has 0 bridgehead atoms. The summed E-state index contributed by atoms with van der Waals surface area (Å²) in [4.78, 5) is 25.8. The Morgan fingerprint density at radius 2 is 2.19 bits per heavy atom. The van der Waals surface area contributed by atoms with E-state index in [0.29, 0.717) is 42.8 Å². The van der Waals surface area contributed by atoms with Crippen molar-refractivity contribution in [3.8, 4) is 5.75 Å². The number of likely N-dealkylation sites (tertiary alicyclic amines) is 1. The van der Waals surface area contributed by atoms with Crippen LogP contribution in [0.25, 0.3) is 0 Å². The van der Waals surface area contributed by atoms with Crippen molar-refractivity contribution in [3.63, 3.8) is 0 Å². The molecule has 0 saturated carbocycles. The second-order valence-corrected chi connectivity index (χ2v) is 5.20. The van der Waals surface area contributed by atoms with Gasteiger partial charge in [0.1, 0.15) is 11.3 Å². The zero-order chi connectivity index (χ0) is 15.6. The fraction of sp³-hybridized carbons (Fsp3) is 0.467. The molecular weight excluding hydrogens is 272 g/mol. The van der Waals surface area contributed by atoms with E-state index in [9.17, 15) is 14.7 Å². The number of hydrogen-bond donors (Lipinski definition) is 2. The van der Waals surface area contributed by atoms with Crippen molar-refractivity contribution in [1.82, 2.24) is 4.90 Å². The fourth-order valence-corrected chi connectivity index (χ4v) is 2.92. The van der Waals surface area contributed by atoms with Gasteiger partial charge in [0.25, 0.3) is 5.91 Å². The third-order valence-corrected chi connectivity index (χ3v) is 4.21. The molecule has 1 saturated heterocycles. The highest BCUT2D eigenvalue weighted by Gasteiger charge is 2.48. The first-order valence-corrected chi connectivity index (χ1v) is 6.95. The van der Waals surface area contributed by atoms with E-state index in [1.165, 1.54) is 12.0 Å². The highest BCUT2D eigenvalue weighted by molar-refractivity contribution is 6.02. The van der Waals surface area contributed by atoms with Gasteiger partial charge in [0.2, 0.25) is 0 Å². The van der Waals surface area contributed by atoms with Crippen LogP contribution in [-0.4, -0.2) is 41.1 Å². The minimum Gasteiger partial charge on any atom is -0.497 e. The van der Waals surface area contributed by atoms with Gasteiger partial charge in [-0.05, 0) is 31.4 Å². The lowest BCUT2D eigenvalue weighted by atomic mass is 9.92. The second-order valence-electron chi connectivity index (χ2n) is 5.20. The molecule has 1 atom stereocenters. The van der Waals surface area contributed by atoms with Crippen LogP contribution in [-0.2, 0) is 4.79 Å². The number of amides is 1. The minimum atomic E-state index is -1.12. The molecule has 1 fully saturated rings. The van der Waals surface area contributed by atoms with Crippen molar-refractivity contribution >= 4 is 17.6 Å². The van der Waals surface area contributed by atoms with E-state index >= 15 is 0 Å². The molecule has 0 aliphatic carbocycles. The van der Waals surface area contributed by atoms with Gasteiger partial charge in [-0.15, -0.1) is 0 Å². The zero-order valence-corrected chi connectivity index (χ0v) is 12.3. The Balaban J connectivity index is 2.37. The Labute approximate surface area is 123 Å². The Kier molecular flexibility index (Phi) is 4.06. The van der Waals surface area contributed by atoms with Crippen LogP contribution >= 0.6 is 0 Å². The molecule has 6 nitrogen and oxygen atoms in total. The van der Waals surface area contributed by atoms with Gasteiger partial charge >= 0.3 is 5.97 Å². The lowest BCUT2D eigenvalue weighted by Gasteiger charge is -2.34. The number of methoxy groups -OCH3 is 1. The largest absolute Gasteiger partial charge is 0.497 e. The molecule has 1 aromatic rings. The number of anilines is 1. The normalized spacial score (nSPS) is 21.3. The van der Waals surface area contributed by atoms with E-state index < -0.39 is 11.5 Å². The van der Waals surface area contributed by atoms with E-state index in [2.05, 4.69) is 0 Å². The molecule has 3 N–H and O–H groups in total. The molecule has 1 heterocycles. The van der Waals surface area contributed by atoms with Crippen LogP contribution in [0.15, 0.2) is 18.2 Å². The summed E-state index contributed by atoms with van der Waals surface area (Å²) in [6.07, 6.45) is 1.53. The summed E-state index contributed by atoms with van der Waals surface area (Å²) in [5.41, 5.74) is 5.38. The number of aliphatic carboxylic acids is 1. The van der Waals surface area contributed by atoms with Crippen LogP contribution in [0.4, 0.5) is 5.69 Å². The molecule has 2 rings (SSSR count). The van der Waals surface area contributed by atoms with Gasteiger partial charge in [-0.3, -0.25) is 4.79 Å².